The number of para-hydroxylation sites is 2. The molecular weight excluding hydrogens is 307 g/mol. The van der Waals surface area contributed by atoms with E-state index in [1.807, 2.05) is 72.8 Å². The lowest BCUT2D eigenvalue weighted by Crippen LogP contribution is -2.42. The fourth-order valence-electron chi connectivity index (χ4n) is 2.76. The van der Waals surface area contributed by atoms with Crippen molar-refractivity contribution >= 4 is 23.4 Å². The van der Waals surface area contributed by atoms with Gasteiger partial charge in [-0.1, -0.05) is 78.9 Å². The molecule has 0 aliphatic rings. The molecule has 0 fully saturated rings. The summed E-state index contributed by atoms with van der Waals surface area (Å²) in [5.74, 6) is 1.55. The van der Waals surface area contributed by atoms with E-state index in [-0.39, 0.29) is 0 Å². The minimum atomic E-state index is -0.519. The van der Waals surface area contributed by atoms with Crippen LogP contribution < -0.4 is 14.8 Å². The van der Waals surface area contributed by atoms with Crippen molar-refractivity contribution in [3.05, 3.63) is 103 Å². The van der Waals surface area contributed by atoms with Gasteiger partial charge in [-0.3, -0.25) is 0 Å². The third-order valence-corrected chi connectivity index (χ3v) is 4.02. The highest BCUT2D eigenvalue weighted by Gasteiger charge is 2.26. The maximum atomic E-state index is 6.13. The van der Waals surface area contributed by atoms with Crippen molar-refractivity contribution in [1.82, 2.24) is 0 Å². The fraction of sp³-hybridized carbons (Fsp3) is 0. The predicted molar refractivity (Wildman–Crippen MR) is 103 cm³/mol. The zero-order valence-corrected chi connectivity index (χ0v) is 13.7. The van der Waals surface area contributed by atoms with Crippen LogP contribution in [0.2, 0.25) is 0 Å². The third-order valence-electron chi connectivity index (χ3n) is 4.02. The molecule has 0 radical (unpaired) electrons. The molecule has 120 valence electrons. The van der Waals surface area contributed by atoms with Crippen LogP contribution in [0.15, 0.2) is 103 Å². The summed E-state index contributed by atoms with van der Waals surface area (Å²) in [6.07, 6.45) is 0. The average molecular weight is 324 g/mol. The molecule has 0 saturated carbocycles. The Morgan fingerprint density at radius 1 is 0.480 bits per heavy atom. The average Bonchev–Trinajstić information content (AvgIpc) is 2.69. The molecule has 0 bridgehead atoms. The molecule has 3 heteroatoms. The van der Waals surface area contributed by atoms with Gasteiger partial charge in [-0.15, -0.1) is 0 Å². The van der Waals surface area contributed by atoms with E-state index in [0.29, 0.717) is 0 Å². The summed E-state index contributed by atoms with van der Waals surface area (Å²) < 4.78 is 12.3. The van der Waals surface area contributed by atoms with E-state index < -0.39 is 7.12 Å². The smallest absolute Gasteiger partial charge is 0.522 e. The molecule has 0 unspecified atom stereocenters. The van der Waals surface area contributed by atoms with Crippen LogP contribution in [0.5, 0.6) is 11.5 Å². The van der Waals surface area contributed by atoms with Gasteiger partial charge in [0.1, 0.15) is 11.5 Å². The van der Waals surface area contributed by atoms with Crippen LogP contribution in [-0.2, 0) is 0 Å². The van der Waals surface area contributed by atoms with Gasteiger partial charge in [0.15, 0.2) is 0 Å². The van der Waals surface area contributed by atoms with Gasteiger partial charge in [0.2, 0.25) is 0 Å². The van der Waals surface area contributed by atoms with Crippen molar-refractivity contribution in [1.29, 1.82) is 0 Å². The van der Waals surface area contributed by atoms with Crippen LogP contribution in [0, 0.1) is 0 Å². The highest BCUT2D eigenvalue weighted by Crippen LogP contribution is 2.16. The molecule has 0 aliphatic carbocycles. The van der Waals surface area contributed by atoms with Gasteiger partial charge in [-0.25, -0.2) is 0 Å². The van der Waals surface area contributed by atoms with E-state index in [2.05, 4.69) is 30.3 Å². The van der Waals surface area contributed by atoms with Crippen LogP contribution in [0.25, 0.3) is 10.8 Å². The summed E-state index contributed by atoms with van der Waals surface area (Å²) in [7, 11) is -0.519. The van der Waals surface area contributed by atoms with Crippen LogP contribution >= 0.6 is 0 Å². The highest BCUT2D eigenvalue weighted by molar-refractivity contribution is 6.63. The zero-order chi connectivity index (χ0) is 16.9. The Hall–Kier alpha value is -3.20. The first-order valence-electron chi connectivity index (χ1n) is 8.31. The van der Waals surface area contributed by atoms with Gasteiger partial charge >= 0.3 is 7.12 Å². The van der Waals surface area contributed by atoms with E-state index in [0.717, 1.165) is 17.0 Å². The molecule has 2 nitrogen and oxygen atoms in total. The van der Waals surface area contributed by atoms with Crippen LogP contribution in [-0.4, -0.2) is 7.12 Å². The highest BCUT2D eigenvalue weighted by atomic mass is 16.6. The standard InChI is InChI=1S/C22H17BO2/c1-3-11-21(12-4-1)24-23(25-22-13-5-2-6-14-22)20-16-15-18-9-7-8-10-19(18)17-20/h1-17H. The molecule has 4 aromatic rings. The van der Waals surface area contributed by atoms with E-state index in [1.54, 1.807) is 0 Å². The Morgan fingerprint density at radius 3 is 1.60 bits per heavy atom. The second kappa shape index (κ2) is 7.14. The quantitative estimate of drug-likeness (QED) is 0.496. The maximum absolute atomic E-state index is 6.13. The summed E-state index contributed by atoms with van der Waals surface area (Å²) in [6.45, 7) is 0. The molecular formula is C22H17BO2. The first kappa shape index (κ1) is 15.3. The lowest BCUT2D eigenvalue weighted by molar-refractivity contribution is 0.439. The number of hydrogen-bond donors (Lipinski definition) is 0. The predicted octanol–water partition coefficient (Wildman–Crippen LogP) is 4.69. The third kappa shape index (κ3) is 3.66. The van der Waals surface area contributed by atoms with Gasteiger partial charge in [-0.05, 0) is 35.0 Å². The molecule has 0 amide bonds. The fourth-order valence-corrected chi connectivity index (χ4v) is 2.76. The van der Waals surface area contributed by atoms with Gasteiger partial charge < -0.3 is 9.31 Å². The Bertz CT molecular complexity index is 913. The second-order valence-electron chi connectivity index (χ2n) is 5.80. The van der Waals surface area contributed by atoms with Crippen molar-refractivity contribution in [2.24, 2.45) is 0 Å². The summed E-state index contributed by atoms with van der Waals surface area (Å²) in [5, 5.41) is 2.36. The lowest BCUT2D eigenvalue weighted by Gasteiger charge is -2.17. The molecule has 0 aromatic heterocycles. The molecule has 4 aromatic carbocycles. The van der Waals surface area contributed by atoms with E-state index in [1.165, 1.54) is 10.8 Å². The minimum absolute atomic E-state index is 0.519. The van der Waals surface area contributed by atoms with Crippen molar-refractivity contribution in [2.45, 2.75) is 0 Å². The number of rotatable bonds is 5. The van der Waals surface area contributed by atoms with Crippen LogP contribution in [0.3, 0.4) is 0 Å². The first-order chi connectivity index (χ1) is 12.4. The normalized spacial score (nSPS) is 10.4. The topological polar surface area (TPSA) is 18.5 Å². The van der Waals surface area contributed by atoms with E-state index in [4.69, 9.17) is 9.31 Å². The number of hydrogen-bond acceptors (Lipinski definition) is 2. The molecule has 0 N–H and O–H groups in total. The molecule has 0 aliphatic heterocycles. The molecule has 0 heterocycles. The van der Waals surface area contributed by atoms with Crippen LogP contribution in [0.4, 0.5) is 0 Å². The molecule has 0 atom stereocenters. The number of benzene rings is 4. The Kier molecular flexibility index (Phi) is 4.38. The molecule has 25 heavy (non-hydrogen) atoms. The molecule has 0 saturated heterocycles. The van der Waals surface area contributed by atoms with Crippen LogP contribution in [0.1, 0.15) is 0 Å². The monoisotopic (exact) mass is 324 g/mol. The molecule has 4 rings (SSSR count). The Morgan fingerprint density at radius 2 is 1.00 bits per heavy atom. The van der Waals surface area contributed by atoms with Gasteiger partial charge in [0.25, 0.3) is 0 Å². The summed E-state index contributed by atoms with van der Waals surface area (Å²) in [5.41, 5.74) is 0.978. The zero-order valence-electron chi connectivity index (χ0n) is 13.7. The largest absolute Gasteiger partial charge is 0.632 e. The lowest BCUT2D eigenvalue weighted by atomic mass is 9.77. The summed E-state index contributed by atoms with van der Waals surface area (Å²) in [6, 6.07) is 34.0. The molecule has 0 spiro atoms. The maximum Gasteiger partial charge on any atom is 0.632 e. The summed E-state index contributed by atoms with van der Waals surface area (Å²) in [4.78, 5) is 0. The van der Waals surface area contributed by atoms with Gasteiger partial charge in [-0.2, -0.15) is 0 Å². The Labute approximate surface area is 147 Å². The van der Waals surface area contributed by atoms with Gasteiger partial charge in [0, 0.05) is 5.46 Å². The number of fused-ring (bicyclic) bond motifs is 1. The van der Waals surface area contributed by atoms with Gasteiger partial charge in [0.05, 0.1) is 0 Å². The van der Waals surface area contributed by atoms with Crippen molar-refractivity contribution in [3.63, 3.8) is 0 Å². The Balaban J connectivity index is 1.69. The summed E-state index contributed by atoms with van der Waals surface area (Å²) >= 11 is 0. The van der Waals surface area contributed by atoms with Crippen molar-refractivity contribution in [2.75, 3.05) is 0 Å². The van der Waals surface area contributed by atoms with E-state index in [9.17, 15) is 0 Å². The van der Waals surface area contributed by atoms with Crippen molar-refractivity contribution < 1.29 is 9.31 Å². The van der Waals surface area contributed by atoms with E-state index >= 15 is 0 Å². The minimum Gasteiger partial charge on any atom is -0.522 e. The van der Waals surface area contributed by atoms with Crippen molar-refractivity contribution in [3.8, 4) is 11.5 Å². The SMILES string of the molecule is c1ccc(OB(Oc2ccccc2)c2ccc3ccccc3c2)cc1. The first-order valence-corrected chi connectivity index (χ1v) is 8.31. The second-order valence-corrected chi connectivity index (χ2v) is 5.80.